The summed E-state index contributed by atoms with van der Waals surface area (Å²) in [5, 5.41) is 4.53. The Morgan fingerprint density at radius 2 is 2.14 bits per heavy atom. The van der Waals surface area contributed by atoms with E-state index in [0.29, 0.717) is 13.0 Å². The fourth-order valence-corrected chi connectivity index (χ4v) is 3.38. The van der Waals surface area contributed by atoms with Gasteiger partial charge >= 0.3 is 5.97 Å². The molecule has 1 unspecified atom stereocenters. The van der Waals surface area contributed by atoms with Crippen molar-refractivity contribution in [2.45, 2.75) is 45.4 Å². The number of hydrogen-bond acceptors (Lipinski definition) is 3. The van der Waals surface area contributed by atoms with Gasteiger partial charge in [-0.3, -0.25) is 10.1 Å². The van der Waals surface area contributed by atoms with Crippen molar-refractivity contribution in [3.63, 3.8) is 0 Å². The number of halogens is 1. The van der Waals surface area contributed by atoms with Gasteiger partial charge in [0.15, 0.2) is 0 Å². The van der Waals surface area contributed by atoms with Crippen molar-refractivity contribution >= 4 is 32.8 Å². The smallest absolute Gasteiger partial charge is 0.324 e. The van der Waals surface area contributed by atoms with Gasteiger partial charge in [-0.2, -0.15) is 0 Å². The second-order valence-corrected chi connectivity index (χ2v) is 7.73. The molecule has 2 heterocycles. The first-order valence-corrected chi connectivity index (χ1v) is 8.27. The number of fused-ring (bicyclic) bond motifs is 3. The summed E-state index contributed by atoms with van der Waals surface area (Å²) in [4.78, 5) is 12.3. The molecule has 5 heteroatoms. The second-order valence-electron chi connectivity index (χ2n) is 6.82. The average Bonchev–Trinajstić information content (AvgIpc) is 2.70. The molecule has 1 aromatic carbocycles. The van der Waals surface area contributed by atoms with Gasteiger partial charge in [-0.05, 0) is 38.5 Å². The average molecular weight is 365 g/mol. The Morgan fingerprint density at radius 3 is 2.82 bits per heavy atom. The molecule has 0 radical (unpaired) electrons. The highest BCUT2D eigenvalue weighted by Crippen LogP contribution is 2.31. The highest BCUT2D eigenvalue weighted by atomic mass is 79.9. The predicted octanol–water partition coefficient (Wildman–Crippen LogP) is 3.30. The van der Waals surface area contributed by atoms with Crippen molar-refractivity contribution in [2.24, 2.45) is 7.05 Å². The molecule has 118 valence electrons. The number of rotatable bonds is 1. The maximum Gasteiger partial charge on any atom is 0.324 e. The highest BCUT2D eigenvalue weighted by Gasteiger charge is 2.31. The van der Waals surface area contributed by atoms with E-state index in [9.17, 15) is 4.79 Å². The van der Waals surface area contributed by atoms with Crippen LogP contribution >= 0.6 is 15.9 Å². The highest BCUT2D eigenvalue weighted by molar-refractivity contribution is 9.10. The molecule has 0 saturated heterocycles. The summed E-state index contributed by atoms with van der Waals surface area (Å²) in [6.07, 6.45) is 0.670. The van der Waals surface area contributed by atoms with E-state index in [1.54, 1.807) is 0 Å². The van der Waals surface area contributed by atoms with E-state index in [2.05, 4.69) is 45.0 Å². The summed E-state index contributed by atoms with van der Waals surface area (Å²) < 4.78 is 8.78. The molecule has 1 aliphatic rings. The van der Waals surface area contributed by atoms with E-state index in [-0.39, 0.29) is 12.0 Å². The minimum Gasteiger partial charge on any atom is -0.459 e. The van der Waals surface area contributed by atoms with Crippen LogP contribution in [0, 0.1) is 0 Å². The lowest BCUT2D eigenvalue weighted by molar-refractivity contribution is -0.157. The molecule has 1 N–H and O–H groups in total. The Balaban J connectivity index is 1.94. The van der Waals surface area contributed by atoms with Crippen LogP contribution in [0.5, 0.6) is 0 Å². The molecule has 0 fully saturated rings. The van der Waals surface area contributed by atoms with E-state index in [1.165, 1.54) is 22.2 Å². The van der Waals surface area contributed by atoms with Gasteiger partial charge < -0.3 is 9.30 Å². The number of esters is 1. The Kier molecular flexibility index (Phi) is 3.81. The number of carbonyl (C=O) groups is 1. The quantitative estimate of drug-likeness (QED) is 0.789. The number of aryl methyl sites for hydroxylation is 1. The fourth-order valence-electron chi connectivity index (χ4n) is 3.03. The molecule has 4 nitrogen and oxygen atoms in total. The minimum atomic E-state index is -0.456. The third-order valence-corrected chi connectivity index (χ3v) is 4.51. The number of nitrogens with one attached hydrogen (secondary N) is 1. The third kappa shape index (κ3) is 2.79. The summed E-state index contributed by atoms with van der Waals surface area (Å²) in [7, 11) is 2.07. The standard InChI is InChI=1S/C17H21BrN2O2/c1-17(2,3)22-16(21)13-8-12-11-6-5-10(18)7-14(11)20(4)15(12)9-19-13/h5-7,13,19H,8-9H2,1-4H3. The predicted molar refractivity (Wildman–Crippen MR) is 90.8 cm³/mol. The Labute approximate surface area is 139 Å². The first-order chi connectivity index (χ1) is 10.3. The zero-order chi connectivity index (χ0) is 16.1. The fraction of sp³-hybridized carbons (Fsp3) is 0.471. The first kappa shape index (κ1) is 15.6. The summed E-state index contributed by atoms with van der Waals surface area (Å²) in [6.45, 7) is 6.37. The second kappa shape index (κ2) is 5.39. The Bertz CT molecular complexity index is 743. The van der Waals surface area contributed by atoms with Gasteiger partial charge in [0.1, 0.15) is 11.6 Å². The first-order valence-electron chi connectivity index (χ1n) is 7.48. The van der Waals surface area contributed by atoms with Gasteiger partial charge in [0.05, 0.1) is 0 Å². The third-order valence-electron chi connectivity index (χ3n) is 4.01. The zero-order valence-electron chi connectivity index (χ0n) is 13.4. The van der Waals surface area contributed by atoms with Gasteiger partial charge in [0.2, 0.25) is 0 Å². The van der Waals surface area contributed by atoms with Crippen molar-refractivity contribution in [1.29, 1.82) is 0 Å². The van der Waals surface area contributed by atoms with Gasteiger partial charge in [0.25, 0.3) is 0 Å². The van der Waals surface area contributed by atoms with Crippen LogP contribution < -0.4 is 5.32 Å². The van der Waals surface area contributed by atoms with Gasteiger partial charge in [0, 0.05) is 41.1 Å². The minimum absolute atomic E-state index is 0.174. The van der Waals surface area contributed by atoms with E-state index in [4.69, 9.17) is 4.74 Å². The normalized spacial score (nSPS) is 18.3. The van der Waals surface area contributed by atoms with Crippen LogP contribution in [0.15, 0.2) is 22.7 Å². The summed E-state index contributed by atoms with van der Waals surface area (Å²) in [5.74, 6) is -0.174. The molecular weight excluding hydrogens is 344 g/mol. The summed E-state index contributed by atoms with van der Waals surface area (Å²) in [5.41, 5.74) is 3.22. The van der Waals surface area contributed by atoms with Gasteiger partial charge in [-0.1, -0.05) is 22.0 Å². The van der Waals surface area contributed by atoms with E-state index >= 15 is 0 Å². The molecule has 22 heavy (non-hydrogen) atoms. The molecule has 3 rings (SSSR count). The molecule has 0 amide bonds. The van der Waals surface area contributed by atoms with Crippen LogP contribution in [-0.2, 0) is 29.5 Å². The molecule has 0 saturated carbocycles. The molecule has 1 aromatic heterocycles. The van der Waals surface area contributed by atoms with Crippen LogP contribution in [0.4, 0.5) is 0 Å². The maximum absolute atomic E-state index is 12.3. The lowest BCUT2D eigenvalue weighted by atomic mass is 9.98. The lowest BCUT2D eigenvalue weighted by Crippen LogP contribution is -2.45. The Hall–Kier alpha value is -1.33. The van der Waals surface area contributed by atoms with Crippen LogP contribution in [0.1, 0.15) is 32.0 Å². The van der Waals surface area contributed by atoms with Gasteiger partial charge in [-0.15, -0.1) is 0 Å². The number of hydrogen-bond donors (Lipinski definition) is 1. The number of aromatic nitrogens is 1. The zero-order valence-corrected chi connectivity index (χ0v) is 15.0. The molecule has 0 spiro atoms. The molecule has 1 atom stereocenters. The van der Waals surface area contributed by atoms with E-state index in [0.717, 1.165) is 4.47 Å². The van der Waals surface area contributed by atoms with Crippen molar-refractivity contribution in [3.05, 3.63) is 33.9 Å². The largest absolute Gasteiger partial charge is 0.459 e. The van der Waals surface area contributed by atoms with Crippen molar-refractivity contribution in [3.8, 4) is 0 Å². The number of ether oxygens (including phenoxy) is 1. The van der Waals surface area contributed by atoms with Crippen LogP contribution in [0.3, 0.4) is 0 Å². The topological polar surface area (TPSA) is 43.3 Å². The molecule has 2 aromatic rings. The summed E-state index contributed by atoms with van der Waals surface area (Å²) in [6, 6.07) is 6.01. The summed E-state index contributed by atoms with van der Waals surface area (Å²) >= 11 is 3.52. The van der Waals surface area contributed by atoms with Crippen LogP contribution in [0.2, 0.25) is 0 Å². The van der Waals surface area contributed by atoms with Crippen LogP contribution in [-0.4, -0.2) is 22.2 Å². The monoisotopic (exact) mass is 364 g/mol. The number of nitrogens with zero attached hydrogens (tertiary/aromatic N) is 1. The van der Waals surface area contributed by atoms with E-state index in [1.807, 2.05) is 26.8 Å². The Morgan fingerprint density at radius 1 is 1.41 bits per heavy atom. The van der Waals surface area contributed by atoms with Gasteiger partial charge in [-0.25, -0.2) is 0 Å². The molecular formula is C17H21BrN2O2. The molecule has 0 aliphatic carbocycles. The van der Waals surface area contributed by atoms with Crippen molar-refractivity contribution in [2.75, 3.05) is 0 Å². The van der Waals surface area contributed by atoms with Crippen LogP contribution in [0.25, 0.3) is 10.9 Å². The number of carbonyl (C=O) groups excluding carboxylic acids is 1. The SMILES string of the molecule is Cn1c2c(c3ccc(Br)cc31)CC(C(=O)OC(C)(C)C)NC2. The number of benzene rings is 1. The van der Waals surface area contributed by atoms with Crippen molar-refractivity contribution < 1.29 is 9.53 Å². The van der Waals surface area contributed by atoms with E-state index < -0.39 is 5.60 Å². The lowest BCUT2D eigenvalue weighted by Gasteiger charge is -2.27. The maximum atomic E-state index is 12.3. The molecule has 1 aliphatic heterocycles. The molecule has 0 bridgehead atoms. The van der Waals surface area contributed by atoms with Crippen molar-refractivity contribution in [1.82, 2.24) is 9.88 Å².